The predicted octanol–water partition coefficient (Wildman–Crippen LogP) is 3.04. The van der Waals surface area contributed by atoms with Crippen molar-refractivity contribution in [3.8, 4) is 5.75 Å². The van der Waals surface area contributed by atoms with E-state index in [1.54, 1.807) is 6.92 Å². The fourth-order valence-corrected chi connectivity index (χ4v) is 2.14. The van der Waals surface area contributed by atoms with Crippen LogP contribution in [0.15, 0.2) is 48.5 Å². The maximum Gasteiger partial charge on any atom is 0.120 e. The molecule has 3 heteroatoms. The summed E-state index contributed by atoms with van der Waals surface area (Å²) in [5.41, 5.74) is 3.57. The van der Waals surface area contributed by atoms with E-state index in [9.17, 15) is 5.11 Å². The number of aliphatic hydroxyl groups excluding tert-OH is 1. The molecule has 2 aromatic carbocycles. The molecule has 0 aromatic heterocycles. The van der Waals surface area contributed by atoms with Gasteiger partial charge in [0.15, 0.2) is 0 Å². The minimum absolute atomic E-state index is 0.328. The van der Waals surface area contributed by atoms with Crippen LogP contribution in [0.4, 0.5) is 0 Å². The summed E-state index contributed by atoms with van der Waals surface area (Å²) < 4.78 is 5.84. The molecule has 0 amide bonds. The molecule has 0 spiro atoms. The van der Waals surface area contributed by atoms with Gasteiger partial charge >= 0.3 is 0 Å². The van der Waals surface area contributed by atoms with Crippen molar-refractivity contribution in [1.82, 2.24) is 5.32 Å². The Hall–Kier alpha value is -1.84. The first-order valence-corrected chi connectivity index (χ1v) is 7.29. The highest BCUT2D eigenvalue weighted by Gasteiger charge is 2.00. The molecule has 0 saturated heterocycles. The van der Waals surface area contributed by atoms with Crippen molar-refractivity contribution in [2.45, 2.75) is 33.1 Å². The molecule has 2 aromatic rings. The van der Waals surface area contributed by atoms with E-state index in [1.165, 1.54) is 11.1 Å². The van der Waals surface area contributed by atoms with Crippen LogP contribution in [0, 0.1) is 6.92 Å². The fourth-order valence-electron chi connectivity index (χ4n) is 2.14. The number of hydrogen-bond acceptors (Lipinski definition) is 3. The Balaban J connectivity index is 1.88. The van der Waals surface area contributed by atoms with Crippen LogP contribution >= 0.6 is 0 Å². The molecule has 3 nitrogen and oxygen atoms in total. The number of aliphatic hydroxyl groups is 1. The van der Waals surface area contributed by atoms with Crippen LogP contribution in [0.2, 0.25) is 0 Å². The zero-order valence-corrected chi connectivity index (χ0v) is 12.7. The highest BCUT2D eigenvalue weighted by molar-refractivity contribution is 5.29. The molecule has 0 saturated carbocycles. The molecule has 21 heavy (non-hydrogen) atoms. The van der Waals surface area contributed by atoms with Crippen LogP contribution in [-0.4, -0.2) is 17.8 Å². The van der Waals surface area contributed by atoms with Crippen molar-refractivity contribution in [2.75, 3.05) is 6.54 Å². The van der Waals surface area contributed by atoms with Crippen molar-refractivity contribution in [3.05, 3.63) is 65.2 Å². The van der Waals surface area contributed by atoms with Crippen LogP contribution in [0.5, 0.6) is 5.75 Å². The topological polar surface area (TPSA) is 41.5 Å². The van der Waals surface area contributed by atoms with Gasteiger partial charge in [-0.25, -0.2) is 0 Å². The summed E-state index contributed by atoms with van der Waals surface area (Å²) in [5, 5.41) is 12.4. The van der Waals surface area contributed by atoms with Gasteiger partial charge in [-0.2, -0.15) is 0 Å². The molecule has 0 aliphatic heterocycles. The number of benzene rings is 2. The molecule has 112 valence electrons. The predicted molar refractivity (Wildman–Crippen MR) is 85.3 cm³/mol. The van der Waals surface area contributed by atoms with Gasteiger partial charge < -0.3 is 15.2 Å². The lowest BCUT2D eigenvalue weighted by molar-refractivity contribution is 0.191. The van der Waals surface area contributed by atoms with Crippen molar-refractivity contribution < 1.29 is 9.84 Å². The number of aryl methyl sites for hydroxylation is 1. The van der Waals surface area contributed by atoms with E-state index in [4.69, 9.17) is 4.74 Å². The first kappa shape index (κ1) is 15.5. The quantitative estimate of drug-likeness (QED) is 0.821. The lowest BCUT2D eigenvalue weighted by atomic mass is 10.1. The first-order valence-electron chi connectivity index (χ1n) is 7.29. The Labute approximate surface area is 126 Å². The van der Waals surface area contributed by atoms with Crippen LogP contribution < -0.4 is 10.1 Å². The van der Waals surface area contributed by atoms with Gasteiger partial charge in [0.25, 0.3) is 0 Å². The lowest BCUT2D eigenvalue weighted by Gasteiger charge is -2.10. The maximum atomic E-state index is 9.23. The van der Waals surface area contributed by atoms with Gasteiger partial charge in [-0.05, 0) is 37.1 Å². The Morgan fingerprint density at radius 3 is 2.62 bits per heavy atom. The second-order valence-corrected chi connectivity index (χ2v) is 5.41. The van der Waals surface area contributed by atoms with E-state index in [2.05, 4.69) is 36.5 Å². The zero-order chi connectivity index (χ0) is 15.1. The summed E-state index contributed by atoms with van der Waals surface area (Å²) in [4.78, 5) is 0. The van der Waals surface area contributed by atoms with Crippen molar-refractivity contribution in [1.29, 1.82) is 0 Å². The monoisotopic (exact) mass is 285 g/mol. The van der Waals surface area contributed by atoms with Crippen LogP contribution in [0.25, 0.3) is 0 Å². The van der Waals surface area contributed by atoms with Crippen LogP contribution in [0.3, 0.4) is 0 Å². The third-order valence-corrected chi connectivity index (χ3v) is 3.16. The second-order valence-electron chi connectivity index (χ2n) is 5.41. The van der Waals surface area contributed by atoms with E-state index in [-0.39, 0.29) is 6.10 Å². The number of ether oxygens (including phenoxy) is 1. The average Bonchev–Trinajstić information content (AvgIpc) is 2.45. The summed E-state index contributed by atoms with van der Waals surface area (Å²) in [6.45, 7) is 5.75. The number of hydrogen-bond donors (Lipinski definition) is 2. The normalized spacial score (nSPS) is 12.1. The third-order valence-electron chi connectivity index (χ3n) is 3.16. The first-order chi connectivity index (χ1) is 10.1. The third kappa shape index (κ3) is 5.58. The van der Waals surface area contributed by atoms with E-state index in [1.807, 2.05) is 24.3 Å². The van der Waals surface area contributed by atoms with Gasteiger partial charge in [-0.1, -0.05) is 42.0 Å². The molecular formula is C18H23NO2. The molecule has 1 atom stereocenters. The molecule has 0 bridgehead atoms. The molecule has 0 aliphatic rings. The summed E-state index contributed by atoms with van der Waals surface area (Å²) >= 11 is 0. The maximum absolute atomic E-state index is 9.23. The summed E-state index contributed by atoms with van der Waals surface area (Å²) in [5.74, 6) is 0.868. The molecule has 0 aliphatic carbocycles. The minimum Gasteiger partial charge on any atom is -0.489 e. The lowest BCUT2D eigenvalue weighted by Crippen LogP contribution is -2.23. The number of nitrogens with one attached hydrogen (secondary N) is 1. The standard InChI is InChI=1S/C18H23NO2/c1-14-5-3-7-17(9-14)13-21-18-8-4-6-16(10-18)12-19-11-15(2)20/h3-10,15,19-20H,11-13H2,1-2H3. The zero-order valence-electron chi connectivity index (χ0n) is 12.7. The van der Waals surface area contributed by atoms with Crippen LogP contribution in [-0.2, 0) is 13.2 Å². The molecule has 2 N–H and O–H groups in total. The highest BCUT2D eigenvalue weighted by Crippen LogP contribution is 2.15. The van der Waals surface area contributed by atoms with Crippen molar-refractivity contribution >= 4 is 0 Å². The summed E-state index contributed by atoms with van der Waals surface area (Å²) in [6, 6.07) is 16.4. The summed E-state index contributed by atoms with van der Waals surface area (Å²) in [7, 11) is 0. The van der Waals surface area contributed by atoms with E-state index >= 15 is 0 Å². The molecule has 0 heterocycles. The van der Waals surface area contributed by atoms with Crippen LogP contribution in [0.1, 0.15) is 23.6 Å². The number of rotatable bonds is 7. The highest BCUT2D eigenvalue weighted by atomic mass is 16.5. The average molecular weight is 285 g/mol. The van der Waals surface area contributed by atoms with Gasteiger partial charge in [0.1, 0.15) is 12.4 Å². The van der Waals surface area contributed by atoms with Gasteiger partial charge in [0, 0.05) is 13.1 Å². The smallest absolute Gasteiger partial charge is 0.120 e. The Kier molecular flexibility index (Phi) is 5.78. The van der Waals surface area contributed by atoms with Gasteiger partial charge in [-0.3, -0.25) is 0 Å². The fraction of sp³-hybridized carbons (Fsp3) is 0.333. The molecule has 0 fully saturated rings. The summed E-state index contributed by atoms with van der Waals surface area (Å²) in [6.07, 6.45) is -0.328. The Morgan fingerprint density at radius 2 is 1.86 bits per heavy atom. The molecule has 2 rings (SSSR count). The van der Waals surface area contributed by atoms with E-state index in [0.29, 0.717) is 13.2 Å². The molecule has 0 radical (unpaired) electrons. The Morgan fingerprint density at radius 1 is 1.10 bits per heavy atom. The minimum atomic E-state index is -0.328. The molecule has 1 unspecified atom stereocenters. The van der Waals surface area contributed by atoms with Gasteiger partial charge in [-0.15, -0.1) is 0 Å². The van der Waals surface area contributed by atoms with Crippen molar-refractivity contribution in [2.24, 2.45) is 0 Å². The van der Waals surface area contributed by atoms with E-state index < -0.39 is 0 Å². The SMILES string of the molecule is Cc1cccc(COc2cccc(CNCC(C)O)c2)c1. The Bertz CT molecular complexity index is 567. The molecular weight excluding hydrogens is 262 g/mol. The van der Waals surface area contributed by atoms with E-state index in [0.717, 1.165) is 17.9 Å². The van der Waals surface area contributed by atoms with Crippen molar-refractivity contribution in [3.63, 3.8) is 0 Å². The largest absolute Gasteiger partial charge is 0.489 e. The van der Waals surface area contributed by atoms with Gasteiger partial charge in [0.05, 0.1) is 6.10 Å². The second kappa shape index (κ2) is 7.81. The van der Waals surface area contributed by atoms with Gasteiger partial charge in [0.2, 0.25) is 0 Å².